The van der Waals surface area contributed by atoms with Gasteiger partial charge in [-0.3, -0.25) is 9.59 Å². The summed E-state index contributed by atoms with van der Waals surface area (Å²) in [5, 5.41) is 4.78. The summed E-state index contributed by atoms with van der Waals surface area (Å²) < 4.78 is 0. The van der Waals surface area contributed by atoms with Crippen LogP contribution in [0.2, 0.25) is 0 Å². The molecule has 0 radical (unpaired) electrons. The summed E-state index contributed by atoms with van der Waals surface area (Å²) in [4.78, 5) is 30.7. The maximum absolute atomic E-state index is 13.2. The normalized spacial score (nSPS) is 16.1. The highest BCUT2D eigenvalue weighted by Crippen LogP contribution is 2.18. The summed E-state index contributed by atoms with van der Waals surface area (Å²) >= 11 is 1.53. The van der Waals surface area contributed by atoms with Crippen LogP contribution in [-0.4, -0.2) is 54.8 Å². The van der Waals surface area contributed by atoms with Gasteiger partial charge in [-0.15, -0.1) is 11.3 Å². The van der Waals surface area contributed by atoms with Crippen molar-refractivity contribution < 1.29 is 9.59 Å². The number of amides is 2. The number of thiophene rings is 1. The molecule has 2 aromatic rings. The van der Waals surface area contributed by atoms with E-state index in [4.69, 9.17) is 0 Å². The Morgan fingerprint density at radius 1 is 1.15 bits per heavy atom. The van der Waals surface area contributed by atoms with Gasteiger partial charge in [0.05, 0.1) is 0 Å². The van der Waals surface area contributed by atoms with Gasteiger partial charge in [-0.05, 0) is 62.6 Å². The van der Waals surface area contributed by atoms with Crippen molar-refractivity contribution in [2.75, 3.05) is 27.2 Å². The van der Waals surface area contributed by atoms with E-state index in [1.165, 1.54) is 11.3 Å². The number of piperidine rings is 1. The monoisotopic (exact) mass is 383 g/mol. The molecule has 142 valence electrons. The molecule has 27 heavy (non-hydrogen) atoms. The molecule has 0 spiro atoms. The molecule has 1 fully saturated rings. The van der Waals surface area contributed by atoms with E-state index >= 15 is 0 Å². The predicted octanol–water partition coefficient (Wildman–Crippen LogP) is 3.07. The van der Waals surface area contributed by atoms with Crippen molar-refractivity contribution in [1.82, 2.24) is 15.1 Å². The predicted molar refractivity (Wildman–Crippen MR) is 109 cm³/mol. The molecule has 1 aliphatic rings. The molecular weight excluding hydrogens is 358 g/mol. The molecule has 1 N–H and O–H groups in total. The maximum Gasteiger partial charge on any atom is 0.270 e. The molecule has 0 aliphatic carbocycles. The average Bonchev–Trinajstić information content (AvgIpc) is 3.20. The molecular formula is C21H25N3O2S. The fourth-order valence-corrected chi connectivity index (χ4v) is 3.85. The molecule has 0 atom stereocenters. The lowest BCUT2D eigenvalue weighted by atomic mass is 10.0. The lowest BCUT2D eigenvalue weighted by Gasteiger charge is -2.35. The van der Waals surface area contributed by atoms with Gasteiger partial charge in [-0.2, -0.15) is 0 Å². The largest absolute Gasteiger partial charge is 0.337 e. The number of nitrogens with one attached hydrogen (secondary N) is 1. The summed E-state index contributed by atoms with van der Waals surface area (Å²) in [6.45, 7) is 1.95. The quantitative estimate of drug-likeness (QED) is 0.808. The van der Waals surface area contributed by atoms with E-state index in [1.807, 2.05) is 42.8 Å². The van der Waals surface area contributed by atoms with Gasteiger partial charge >= 0.3 is 0 Å². The van der Waals surface area contributed by atoms with Gasteiger partial charge in [-0.25, -0.2) is 0 Å². The third-order valence-electron chi connectivity index (χ3n) is 4.90. The molecule has 0 saturated carbocycles. The minimum Gasteiger partial charge on any atom is -0.337 e. The van der Waals surface area contributed by atoms with Gasteiger partial charge in [0.25, 0.3) is 11.8 Å². The highest BCUT2D eigenvalue weighted by Gasteiger charge is 2.27. The molecule has 1 aromatic carbocycles. The number of carbonyl (C=O) groups is 2. The third kappa shape index (κ3) is 5.05. The van der Waals surface area contributed by atoms with Crippen LogP contribution in [0.3, 0.4) is 0 Å². The molecule has 2 amide bonds. The van der Waals surface area contributed by atoms with Gasteiger partial charge in [-0.1, -0.05) is 24.3 Å². The number of rotatable bonds is 5. The second kappa shape index (κ2) is 8.97. The van der Waals surface area contributed by atoms with Crippen LogP contribution in [0, 0.1) is 0 Å². The zero-order valence-electron chi connectivity index (χ0n) is 15.7. The first-order valence-corrected chi connectivity index (χ1v) is 10.00. The first kappa shape index (κ1) is 19.3. The molecule has 1 aromatic heterocycles. The smallest absolute Gasteiger partial charge is 0.270 e. The Morgan fingerprint density at radius 3 is 2.48 bits per heavy atom. The number of hydrogen-bond donors (Lipinski definition) is 1. The first-order valence-electron chi connectivity index (χ1n) is 9.12. The van der Waals surface area contributed by atoms with Crippen LogP contribution >= 0.6 is 11.3 Å². The molecule has 5 nitrogen and oxygen atoms in total. The zero-order chi connectivity index (χ0) is 19.2. The summed E-state index contributed by atoms with van der Waals surface area (Å²) in [6.07, 6.45) is 3.65. The van der Waals surface area contributed by atoms with E-state index < -0.39 is 0 Å². The topological polar surface area (TPSA) is 52.6 Å². The Labute approximate surface area is 164 Å². The van der Waals surface area contributed by atoms with Crippen LogP contribution in [0.1, 0.15) is 28.1 Å². The molecule has 2 heterocycles. The van der Waals surface area contributed by atoms with E-state index in [0.717, 1.165) is 30.8 Å². The molecule has 0 bridgehead atoms. The number of benzene rings is 1. The second-order valence-electron chi connectivity index (χ2n) is 6.84. The van der Waals surface area contributed by atoms with Gasteiger partial charge < -0.3 is 15.1 Å². The Balaban J connectivity index is 1.79. The summed E-state index contributed by atoms with van der Waals surface area (Å²) in [5.41, 5.74) is 0.844. The highest BCUT2D eigenvalue weighted by molar-refractivity contribution is 7.10. The summed E-state index contributed by atoms with van der Waals surface area (Å²) in [5.74, 6) is -0.425. The molecule has 1 aliphatic heterocycles. The van der Waals surface area contributed by atoms with Gasteiger partial charge in [0.15, 0.2) is 0 Å². The van der Waals surface area contributed by atoms with E-state index in [1.54, 1.807) is 23.1 Å². The number of likely N-dealkylation sites (N-methyl/N-ethyl adjacent to an activating group) is 1. The van der Waals surface area contributed by atoms with E-state index in [-0.39, 0.29) is 17.9 Å². The van der Waals surface area contributed by atoms with Crippen LogP contribution < -0.4 is 5.32 Å². The van der Waals surface area contributed by atoms with Crippen LogP contribution in [0.25, 0.3) is 6.08 Å². The highest BCUT2D eigenvalue weighted by atomic mass is 32.1. The fraction of sp³-hybridized carbons (Fsp3) is 0.333. The van der Waals surface area contributed by atoms with Crippen molar-refractivity contribution in [1.29, 1.82) is 0 Å². The van der Waals surface area contributed by atoms with Crippen molar-refractivity contribution in [3.8, 4) is 0 Å². The Bertz CT molecular complexity index is 794. The van der Waals surface area contributed by atoms with Crippen molar-refractivity contribution in [3.63, 3.8) is 0 Å². The Hall–Kier alpha value is -2.44. The Morgan fingerprint density at radius 2 is 1.85 bits per heavy atom. The van der Waals surface area contributed by atoms with Crippen molar-refractivity contribution >= 4 is 29.2 Å². The van der Waals surface area contributed by atoms with Crippen molar-refractivity contribution in [3.05, 3.63) is 64.0 Å². The minimum absolute atomic E-state index is 0.151. The van der Waals surface area contributed by atoms with Crippen LogP contribution in [0.15, 0.2) is 53.5 Å². The van der Waals surface area contributed by atoms with Crippen LogP contribution in [0.5, 0.6) is 0 Å². The van der Waals surface area contributed by atoms with E-state index in [0.29, 0.717) is 11.3 Å². The van der Waals surface area contributed by atoms with Crippen molar-refractivity contribution in [2.24, 2.45) is 0 Å². The first-order chi connectivity index (χ1) is 13.0. The Kier molecular flexibility index (Phi) is 6.42. The van der Waals surface area contributed by atoms with E-state index in [9.17, 15) is 9.59 Å². The zero-order valence-corrected chi connectivity index (χ0v) is 16.5. The maximum atomic E-state index is 13.2. The molecule has 1 saturated heterocycles. The average molecular weight is 384 g/mol. The lowest BCUT2D eigenvalue weighted by molar-refractivity contribution is -0.128. The number of carbonyl (C=O) groups excluding carboxylic acids is 2. The van der Waals surface area contributed by atoms with E-state index in [2.05, 4.69) is 17.3 Å². The lowest BCUT2D eigenvalue weighted by Crippen LogP contribution is -2.46. The molecule has 3 rings (SSSR count). The second-order valence-corrected chi connectivity index (χ2v) is 7.82. The fourth-order valence-electron chi connectivity index (χ4n) is 3.19. The minimum atomic E-state index is -0.275. The van der Waals surface area contributed by atoms with Gasteiger partial charge in [0.1, 0.15) is 5.70 Å². The molecule has 0 unspecified atom stereocenters. The standard InChI is InChI=1S/C21H25N3O2S/c1-23-12-10-17(11-13-23)24(2)21(26)19(15-18-9-6-14-27-18)22-20(25)16-7-4-3-5-8-16/h3-9,14-15,17H,10-13H2,1-2H3,(H,22,25)/b19-15-. The van der Waals surface area contributed by atoms with Crippen molar-refractivity contribution in [2.45, 2.75) is 18.9 Å². The summed E-state index contributed by atoms with van der Waals surface area (Å²) in [6, 6.07) is 13.0. The number of hydrogen-bond acceptors (Lipinski definition) is 4. The summed E-state index contributed by atoms with van der Waals surface area (Å²) in [7, 11) is 3.93. The number of likely N-dealkylation sites (tertiary alicyclic amines) is 1. The van der Waals surface area contributed by atoms with Gasteiger partial charge in [0.2, 0.25) is 0 Å². The number of nitrogens with zero attached hydrogens (tertiary/aromatic N) is 2. The third-order valence-corrected chi connectivity index (χ3v) is 5.72. The van der Waals surface area contributed by atoms with Crippen LogP contribution in [0.4, 0.5) is 0 Å². The SMILES string of the molecule is CN1CCC(N(C)C(=O)/C(=C/c2cccs2)NC(=O)c2ccccc2)CC1. The molecule has 6 heteroatoms. The van der Waals surface area contributed by atoms with Gasteiger partial charge in [0, 0.05) is 23.5 Å². The van der Waals surface area contributed by atoms with Crippen LogP contribution in [-0.2, 0) is 4.79 Å².